The fourth-order valence-electron chi connectivity index (χ4n) is 4.73. The Balaban J connectivity index is 1.70. The topological polar surface area (TPSA) is 85.8 Å². The van der Waals surface area contributed by atoms with Crippen LogP contribution in [0.5, 0.6) is 5.75 Å². The first-order valence-electron chi connectivity index (χ1n) is 10.5. The van der Waals surface area contributed by atoms with Crippen molar-refractivity contribution in [2.75, 3.05) is 23.3 Å². The molecular formula is C24H19ClF2N4O3. The normalized spacial score (nSPS) is 19.5. The van der Waals surface area contributed by atoms with Crippen LogP contribution in [-0.2, 0) is 9.59 Å². The fourth-order valence-corrected chi connectivity index (χ4v) is 5.01. The van der Waals surface area contributed by atoms with Gasteiger partial charge in [-0.3, -0.25) is 14.6 Å². The molecule has 2 aliphatic heterocycles. The van der Waals surface area contributed by atoms with Crippen LogP contribution in [0.1, 0.15) is 6.92 Å². The van der Waals surface area contributed by atoms with Crippen LogP contribution in [0.3, 0.4) is 0 Å². The van der Waals surface area contributed by atoms with Gasteiger partial charge in [-0.1, -0.05) is 24.2 Å². The van der Waals surface area contributed by atoms with Crippen molar-refractivity contribution in [2.45, 2.75) is 19.0 Å². The number of rotatable bonds is 2. The van der Waals surface area contributed by atoms with Crippen molar-refractivity contribution in [3.63, 3.8) is 0 Å². The molecule has 2 atom stereocenters. The second-order valence-corrected chi connectivity index (χ2v) is 8.71. The molecule has 10 heteroatoms. The van der Waals surface area contributed by atoms with Crippen molar-refractivity contribution in [3.05, 3.63) is 59.8 Å². The van der Waals surface area contributed by atoms with Crippen molar-refractivity contribution < 1.29 is 23.5 Å². The minimum atomic E-state index is -0.896. The number of hydrogen-bond acceptors (Lipinski definition) is 5. The molecular weight excluding hydrogens is 466 g/mol. The van der Waals surface area contributed by atoms with Gasteiger partial charge in [-0.15, -0.1) is 0 Å². The Labute approximate surface area is 198 Å². The van der Waals surface area contributed by atoms with E-state index in [9.17, 15) is 19.1 Å². The first-order chi connectivity index (χ1) is 16.2. The molecule has 174 valence electrons. The number of carbonyl (C=O) groups excluding carboxylic acids is 2. The number of pyridine rings is 1. The number of carbonyl (C=O) groups is 2. The average Bonchev–Trinajstić information content (AvgIpc) is 2.79. The summed E-state index contributed by atoms with van der Waals surface area (Å²) in [5, 5.41) is 13.2. The number of amides is 2. The summed E-state index contributed by atoms with van der Waals surface area (Å²) < 4.78 is 30.2. The number of nitrogens with zero attached hydrogens (tertiary/aromatic N) is 3. The maximum atomic E-state index is 15.7. The number of nitrogens with one attached hydrogen (secondary N) is 1. The second kappa shape index (κ2) is 7.95. The van der Waals surface area contributed by atoms with Crippen molar-refractivity contribution >= 4 is 45.7 Å². The summed E-state index contributed by atoms with van der Waals surface area (Å²) in [7, 11) is 0. The van der Waals surface area contributed by atoms with Gasteiger partial charge in [-0.05, 0) is 31.2 Å². The number of hydrogen-bond donors (Lipinski definition) is 2. The van der Waals surface area contributed by atoms with E-state index in [1.807, 2.05) is 11.8 Å². The SMILES string of the molecule is C=CC(=O)N1C[C@@H]2C(=O)Nc3cnc4c(F)c(-c5c(O)cccc5F)c(Cl)cc4c3N2C[C@H]1C. The highest BCUT2D eigenvalue weighted by Gasteiger charge is 2.42. The Hall–Kier alpha value is -3.72. The minimum absolute atomic E-state index is 0.0899. The third kappa shape index (κ3) is 3.19. The first kappa shape index (κ1) is 22.1. The van der Waals surface area contributed by atoms with Crippen LogP contribution in [0.4, 0.5) is 20.2 Å². The zero-order valence-electron chi connectivity index (χ0n) is 18.0. The smallest absolute Gasteiger partial charge is 0.249 e. The number of phenols is 1. The Kier molecular flexibility index (Phi) is 5.16. The van der Waals surface area contributed by atoms with Gasteiger partial charge >= 0.3 is 0 Å². The van der Waals surface area contributed by atoms with E-state index in [2.05, 4.69) is 16.9 Å². The molecule has 0 radical (unpaired) electrons. The molecule has 0 saturated carbocycles. The molecule has 2 N–H and O–H groups in total. The van der Waals surface area contributed by atoms with E-state index in [0.717, 1.165) is 6.07 Å². The van der Waals surface area contributed by atoms with Crippen LogP contribution in [0, 0.1) is 11.6 Å². The molecule has 0 spiro atoms. The Morgan fingerprint density at radius 3 is 2.79 bits per heavy atom. The lowest BCUT2D eigenvalue weighted by Crippen LogP contribution is -2.64. The van der Waals surface area contributed by atoms with Gasteiger partial charge in [0.05, 0.1) is 34.7 Å². The predicted octanol–water partition coefficient (Wildman–Crippen LogP) is 4.08. The van der Waals surface area contributed by atoms with Gasteiger partial charge < -0.3 is 20.2 Å². The Bertz CT molecular complexity index is 1380. The fraction of sp³-hybridized carbons (Fsp3) is 0.208. The molecule has 0 unspecified atom stereocenters. The highest BCUT2D eigenvalue weighted by atomic mass is 35.5. The highest BCUT2D eigenvalue weighted by molar-refractivity contribution is 6.34. The second-order valence-electron chi connectivity index (χ2n) is 8.30. The summed E-state index contributed by atoms with van der Waals surface area (Å²) in [6.45, 7) is 5.80. The van der Waals surface area contributed by atoms with E-state index in [4.69, 9.17) is 11.6 Å². The van der Waals surface area contributed by atoms with Gasteiger partial charge in [-0.25, -0.2) is 8.78 Å². The largest absolute Gasteiger partial charge is 0.507 e. The summed E-state index contributed by atoms with van der Waals surface area (Å²) in [6, 6.07) is 4.13. The lowest BCUT2D eigenvalue weighted by Gasteiger charge is -2.48. The number of aromatic hydroxyl groups is 1. The molecule has 34 heavy (non-hydrogen) atoms. The summed E-state index contributed by atoms with van der Waals surface area (Å²) in [4.78, 5) is 32.6. The number of halogens is 3. The maximum Gasteiger partial charge on any atom is 0.249 e. The third-order valence-electron chi connectivity index (χ3n) is 6.31. The number of fused-ring (bicyclic) bond motifs is 5. The van der Waals surface area contributed by atoms with E-state index in [1.165, 1.54) is 30.5 Å². The number of phenolic OH excluding ortho intramolecular Hbond substituents is 1. The van der Waals surface area contributed by atoms with Gasteiger partial charge in [0, 0.05) is 23.5 Å². The van der Waals surface area contributed by atoms with Crippen LogP contribution in [-0.4, -0.2) is 52.0 Å². The first-order valence-corrected chi connectivity index (χ1v) is 10.9. The minimum Gasteiger partial charge on any atom is -0.507 e. The molecule has 5 rings (SSSR count). The molecule has 1 fully saturated rings. The monoisotopic (exact) mass is 484 g/mol. The summed E-state index contributed by atoms with van der Waals surface area (Å²) >= 11 is 6.43. The van der Waals surface area contributed by atoms with Crippen molar-refractivity contribution in [1.82, 2.24) is 9.88 Å². The molecule has 1 aromatic heterocycles. The zero-order valence-corrected chi connectivity index (χ0v) is 18.7. The van der Waals surface area contributed by atoms with Gasteiger partial charge in [0.25, 0.3) is 0 Å². The van der Waals surface area contributed by atoms with Crippen LogP contribution >= 0.6 is 11.6 Å². The standard InChI is InChI=1S/C24H19ClF2N4O3/c1-3-18(33)30-10-16-24(34)29-15-8-28-22-12(23(15)31(16)9-11(30)2)7-13(25)19(21(22)27)20-14(26)5-4-6-17(20)32/h3-8,11,16,32H,1,9-10H2,2H3,(H,29,34)/t11-,16-/m1/s1. The molecule has 3 heterocycles. The van der Waals surface area contributed by atoms with Crippen molar-refractivity contribution in [1.29, 1.82) is 0 Å². The predicted molar refractivity (Wildman–Crippen MR) is 125 cm³/mol. The van der Waals surface area contributed by atoms with Crippen LogP contribution in [0.2, 0.25) is 5.02 Å². The van der Waals surface area contributed by atoms with Crippen LogP contribution in [0.15, 0.2) is 43.1 Å². The number of aromatic nitrogens is 1. The van der Waals surface area contributed by atoms with Gasteiger partial charge in [0.2, 0.25) is 11.8 Å². The molecule has 7 nitrogen and oxygen atoms in total. The zero-order chi connectivity index (χ0) is 24.3. The van der Waals surface area contributed by atoms with Gasteiger partial charge in [-0.2, -0.15) is 0 Å². The van der Waals surface area contributed by atoms with E-state index < -0.39 is 23.4 Å². The number of anilines is 2. The van der Waals surface area contributed by atoms with E-state index in [1.54, 1.807) is 4.90 Å². The Morgan fingerprint density at radius 1 is 1.32 bits per heavy atom. The molecule has 2 aliphatic rings. The van der Waals surface area contributed by atoms with E-state index in [-0.39, 0.29) is 46.1 Å². The lowest BCUT2D eigenvalue weighted by atomic mass is 9.97. The molecule has 0 aliphatic carbocycles. The highest BCUT2D eigenvalue weighted by Crippen LogP contribution is 2.46. The van der Waals surface area contributed by atoms with Crippen LogP contribution < -0.4 is 10.2 Å². The molecule has 1 saturated heterocycles. The molecule has 2 amide bonds. The summed E-state index contributed by atoms with van der Waals surface area (Å²) in [6.07, 6.45) is 2.54. The molecule has 2 aromatic carbocycles. The average molecular weight is 485 g/mol. The quantitative estimate of drug-likeness (QED) is 0.535. The lowest BCUT2D eigenvalue weighted by molar-refractivity contribution is -0.130. The maximum absolute atomic E-state index is 15.7. The van der Waals surface area contributed by atoms with Crippen molar-refractivity contribution in [2.24, 2.45) is 0 Å². The number of benzene rings is 2. The Morgan fingerprint density at radius 2 is 2.09 bits per heavy atom. The molecule has 3 aromatic rings. The van der Waals surface area contributed by atoms with Gasteiger partial charge in [0.15, 0.2) is 5.82 Å². The molecule has 0 bridgehead atoms. The van der Waals surface area contributed by atoms with Crippen molar-refractivity contribution in [3.8, 4) is 16.9 Å². The summed E-state index contributed by atoms with van der Waals surface area (Å²) in [5.74, 6) is -2.78. The number of piperazine rings is 1. The van der Waals surface area contributed by atoms with E-state index >= 15 is 4.39 Å². The third-order valence-corrected chi connectivity index (χ3v) is 6.61. The summed E-state index contributed by atoms with van der Waals surface area (Å²) in [5.41, 5.74) is 0.137. The van der Waals surface area contributed by atoms with E-state index in [0.29, 0.717) is 23.3 Å². The van der Waals surface area contributed by atoms with Gasteiger partial charge in [0.1, 0.15) is 23.1 Å². The van der Waals surface area contributed by atoms with Crippen LogP contribution in [0.25, 0.3) is 22.0 Å².